The van der Waals surface area contributed by atoms with Crippen LogP contribution in [0.15, 0.2) is 24.3 Å². The molecule has 140 valence electrons. The zero-order chi connectivity index (χ0) is 19.3. The first-order valence-corrected chi connectivity index (χ1v) is 9.04. The second-order valence-corrected chi connectivity index (χ2v) is 6.81. The van der Waals surface area contributed by atoms with Crippen LogP contribution in [0.2, 0.25) is 0 Å². The first-order valence-electron chi connectivity index (χ1n) is 8.22. The van der Waals surface area contributed by atoms with Crippen molar-refractivity contribution in [3.8, 4) is 11.5 Å². The van der Waals surface area contributed by atoms with Gasteiger partial charge in [0.15, 0.2) is 17.6 Å². The fraction of sp³-hybridized carbons (Fsp3) is 0.368. The van der Waals surface area contributed by atoms with Crippen LogP contribution in [0.4, 0.5) is 5.69 Å². The van der Waals surface area contributed by atoms with Crippen LogP contribution in [-0.4, -0.2) is 32.2 Å². The highest BCUT2D eigenvalue weighted by Gasteiger charge is 2.21. The zero-order valence-corrected chi connectivity index (χ0v) is 16.4. The lowest BCUT2D eigenvalue weighted by Crippen LogP contribution is -2.29. The molecule has 0 spiro atoms. The van der Waals surface area contributed by atoms with E-state index in [1.807, 2.05) is 13.8 Å². The summed E-state index contributed by atoms with van der Waals surface area (Å²) in [6.07, 6.45) is -0.0675. The van der Waals surface area contributed by atoms with Crippen molar-refractivity contribution in [1.29, 1.82) is 0 Å². The van der Waals surface area contributed by atoms with Crippen LogP contribution in [-0.2, 0) is 16.0 Å². The number of methoxy groups -OCH3 is 2. The molecule has 0 saturated carbocycles. The molecular weight excluding hydrogens is 354 g/mol. The van der Waals surface area contributed by atoms with E-state index in [-0.39, 0.29) is 0 Å². The third-order valence-corrected chi connectivity index (χ3v) is 5.21. The van der Waals surface area contributed by atoms with Crippen molar-refractivity contribution >= 4 is 28.9 Å². The molecule has 0 radical (unpaired) electrons. The molecule has 6 nitrogen and oxygen atoms in total. The van der Waals surface area contributed by atoms with Crippen LogP contribution in [0.3, 0.4) is 0 Å². The molecule has 1 aromatic carbocycles. The number of carbonyl (C=O) groups is 2. The van der Waals surface area contributed by atoms with Crippen molar-refractivity contribution < 1.29 is 23.8 Å². The van der Waals surface area contributed by atoms with Gasteiger partial charge in [-0.2, -0.15) is 0 Å². The second-order valence-electron chi connectivity index (χ2n) is 5.68. The smallest absolute Gasteiger partial charge is 0.349 e. The third kappa shape index (κ3) is 4.54. The summed E-state index contributed by atoms with van der Waals surface area (Å²) in [6, 6.07) is 6.81. The van der Waals surface area contributed by atoms with Crippen LogP contribution in [0.1, 0.15) is 34.0 Å². The molecule has 1 N–H and O–H groups in total. The Bertz CT molecular complexity index is 799. The molecule has 1 amide bonds. The summed E-state index contributed by atoms with van der Waals surface area (Å²) >= 11 is 1.40. The Morgan fingerprint density at radius 3 is 2.42 bits per heavy atom. The standard InChI is InChI=1S/C19H23NO5S/c1-6-16-11(2)9-17(26-16)19(22)25-12(3)18(21)20-13-7-8-14(23-4)15(10-13)24-5/h7-10,12H,6H2,1-5H3,(H,20,21). The topological polar surface area (TPSA) is 73.9 Å². The molecule has 1 aromatic heterocycles. The van der Waals surface area contributed by atoms with Crippen molar-refractivity contribution in [2.75, 3.05) is 19.5 Å². The molecule has 2 rings (SSSR count). The number of ether oxygens (including phenoxy) is 3. The van der Waals surface area contributed by atoms with E-state index in [1.54, 1.807) is 24.3 Å². The molecule has 0 fully saturated rings. The molecule has 0 aliphatic rings. The minimum Gasteiger partial charge on any atom is -0.493 e. The fourth-order valence-corrected chi connectivity index (χ4v) is 3.40. The van der Waals surface area contributed by atoms with E-state index in [0.29, 0.717) is 22.1 Å². The Hall–Kier alpha value is -2.54. The minimum absolute atomic E-state index is 0.422. The molecule has 1 unspecified atom stereocenters. The SMILES string of the molecule is CCc1sc(C(=O)OC(C)C(=O)Nc2ccc(OC)c(OC)c2)cc1C. The molecule has 1 heterocycles. The van der Waals surface area contributed by atoms with E-state index >= 15 is 0 Å². The van der Waals surface area contributed by atoms with Gasteiger partial charge in [-0.15, -0.1) is 11.3 Å². The van der Waals surface area contributed by atoms with Gasteiger partial charge in [-0.25, -0.2) is 4.79 Å². The summed E-state index contributed by atoms with van der Waals surface area (Å²) in [4.78, 5) is 26.2. The normalized spacial score (nSPS) is 11.6. The number of aryl methyl sites for hydroxylation is 2. The van der Waals surface area contributed by atoms with Crippen molar-refractivity contribution in [2.24, 2.45) is 0 Å². The summed E-state index contributed by atoms with van der Waals surface area (Å²) < 4.78 is 15.7. The molecule has 0 saturated heterocycles. The van der Waals surface area contributed by atoms with Crippen LogP contribution in [0.25, 0.3) is 0 Å². The highest BCUT2D eigenvalue weighted by molar-refractivity contribution is 7.14. The quantitative estimate of drug-likeness (QED) is 0.743. The molecule has 7 heteroatoms. The maximum atomic E-state index is 12.3. The van der Waals surface area contributed by atoms with Gasteiger partial charge in [0.25, 0.3) is 5.91 Å². The Morgan fingerprint density at radius 1 is 1.15 bits per heavy atom. The number of rotatable bonds is 7. The summed E-state index contributed by atoms with van der Waals surface area (Å²) in [5.74, 6) is 0.142. The number of amides is 1. The highest BCUT2D eigenvalue weighted by atomic mass is 32.1. The third-order valence-electron chi connectivity index (χ3n) is 3.85. The van der Waals surface area contributed by atoms with Crippen molar-refractivity contribution in [1.82, 2.24) is 0 Å². The van der Waals surface area contributed by atoms with Crippen molar-refractivity contribution in [2.45, 2.75) is 33.3 Å². The highest BCUT2D eigenvalue weighted by Crippen LogP contribution is 2.30. The van der Waals surface area contributed by atoms with Gasteiger partial charge in [0.05, 0.1) is 14.2 Å². The Morgan fingerprint density at radius 2 is 1.85 bits per heavy atom. The van der Waals surface area contributed by atoms with Gasteiger partial charge in [-0.1, -0.05) is 6.92 Å². The monoisotopic (exact) mass is 377 g/mol. The summed E-state index contributed by atoms with van der Waals surface area (Å²) in [6.45, 7) is 5.53. The van der Waals surface area contributed by atoms with E-state index in [9.17, 15) is 9.59 Å². The molecule has 0 bridgehead atoms. The molecular formula is C19H23NO5S. The molecule has 1 atom stereocenters. The van der Waals surface area contributed by atoms with Gasteiger partial charge < -0.3 is 19.5 Å². The molecule has 0 aliphatic heterocycles. The number of thiophene rings is 1. The van der Waals surface area contributed by atoms with E-state index in [1.165, 1.54) is 32.5 Å². The van der Waals surface area contributed by atoms with Gasteiger partial charge in [-0.3, -0.25) is 4.79 Å². The largest absolute Gasteiger partial charge is 0.493 e. The van der Waals surface area contributed by atoms with E-state index in [0.717, 1.165) is 16.9 Å². The number of benzene rings is 1. The molecule has 0 aliphatic carbocycles. The van der Waals surface area contributed by atoms with Gasteiger partial charge in [0.2, 0.25) is 0 Å². The van der Waals surface area contributed by atoms with Crippen molar-refractivity contribution in [3.05, 3.63) is 39.6 Å². The van der Waals surface area contributed by atoms with E-state index in [4.69, 9.17) is 14.2 Å². The predicted molar refractivity (Wildman–Crippen MR) is 101 cm³/mol. The van der Waals surface area contributed by atoms with Gasteiger partial charge >= 0.3 is 5.97 Å². The van der Waals surface area contributed by atoms with Crippen LogP contribution >= 0.6 is 11.3 Å². The van der Waals surface area contributed by atoms with Crippen molar-refractivity contribution in [3.63, 3.8) is 0 Å². The van der Waals surface area contributed by atoms with Crippen LogP contribution in [0.5, 0.6) is 11.5 Å². The second kappa shape index (κ2) is 8.71. The summed E-state index contributed by atoms with van der Waals surface area (Å²) in [7, 11) is 3.05. The number of anilines is 1. The number of esters is 1. The van der Waals surface area contributed by atoms with Gasteiger partial charge in [-0.05, 0) is 44.0 Å². The molecule has 2 aromatic rings. The lowest BCUT2D eigenvalue weighted by Gasteiger charge is -2.14. The average Bonchev–Trinajstić information content (AvgIpc) is 3.02. The fourth-order valence-electron chi connectivity index (χ4n) is 2.40. The lowest BCUT2D eigenvalue weighted by molar-refractivity contribution is -0.123. The minimum atomic E-state index is -0.928. The summed E-state index contributed by atoms with van der Waals surface area (Å²) in [5.41, 5.74) is 1.59. The number of hydrogen-bond donors (Lipinski definition) is 1. The Kier molecular flexibility index (Phi) is 6.63. The first kappa shape index (κ1) is 19.8. The molecule has 26 heavy (non-hydrogen) atoms. The van der Waals surface area contributed by atoms with E-state index < -0.39 is 18.0 Å². The van der Waals surface area contributed by atoms with Gasteiger partial charge in [0.1, 0.15) is 4.88 Å². The van der Waals surface area contributed by atoms with Gasteiger partial charge in [0, 0.05) is 16.6 Å². The maximum Gasteiger partial charge on any atom is 0.349 e. The van der Waals surface area contributed by atoms with Crippen LogP contribution < -0.4 is 14.8 Å². The number of hydrogen-bond acceptors (Lipinski definition) is 6. The number of nitrogens with one attached hydrogen (secondary N) is 1. The Balaban J connectivity index is 2.01. The zero-order valence-electron chi connectivity index (χ0n) is 15.5. The maximum absolute atomic E-state index is 12.3. The Labute approximate surface area is 157 Å². The lowest BCUT2D eigenvalue weighted by atomic mass is 10.2. The average molecular weight is 377 g/mol. The predicted octanol–water partition coefficient (Wildman–Crippen LogP) is 3.82. The first-order chi connectivity index (χ1) is 12.4. The number of carbonyl (C=O) groups excluding carboxylic acids is 2. The summed E-state index contributed by atoms with van der Waals surface area (Å²) in [5, 5.41) is 2.70. The van der Waals surface area contributed by atoms with Crippen LogP contribution in [0, 0.1) is 6.92 Å². The van der Waals surface area contributed by atoms with E-state index in [2.05, 4.69) is 5.32 Å².